The number of carbonyl (C=O) groups is 2. The zero-order valence-corrected chi connectivity index (χ0v) is 14.2. The van der Waals surface area contributed by atoms with Gasteiger partial charge in [0, 0.05) is 32.7 Å². The first-order valence-electron chi connectivity index (χ1n) is 7.49. The molecular formula is C15H29N3O3. The Morgan fingerprint density at radius 2 is 1.43 bits per heavy atom. The van der Waals surface area contributed by atoms with Crippen LogP contribution < -0.4 is 5.32 Å². The van der Waals surface area contributed by atoms with E-state index in [4.69, 9.17) is 4.74 Å². The van der Waals surface area contributed by atoms with E-state index in [1.807, 2.05) is 20.8 Å². The van der Waals surface area contributed by atoms with E-state index < -0.39 is 5.60 Å². The highest BCUT2D eigenvalue weighted by molar-refractivity contribution is 5.75. The van der Waals surface area contributed by atoms with Crippen LogP contribution in [0.1, 0.15) is 41.5 Å². The molecule has 0 aliphatic carbocycles. The van der Waals surface area contributed by atoms with Crippen molar-refractivity contribution in [3.05, 3.63) is 0 Å². The summed E-state index contributed by atoms with van der Waals surface area (Å²) in [4.78, 5) is 27.4. The molecule has 1 N–H and O–H groups in total. The van der Waals surface area contributed by atoms with Crippen LogP contribution in [-0.4, -0.2) is 60.2 Å². The molecule has 0 aromatic rings. The van der Waals surface area contributed by atoms with E-state index in [1.165, 1.54) is 0 Å². The molecule has 0 bridgehead atoms. The monoisotopic (exact) mass is 299 g/mol. The predicted molar refractivity (Wildman–Crippen MR) is 82.2 cm³/mol. The van der Waals surface area contributed by atoms with E-state index >= 15 is 0 Å². The third kappa shape index (κ3) is 6.69. The SMILES string of the molecule is CC(C)(C)CNC(=O)N1CCN(C(=O)OC(C)(C)C)CC1. The van der Waals surface area contributed by atoms with Crippen LogP contribution in [0.25, 0.3) is 0 Å². The van der Waals surface area contributed by atoms with Crippen LogP contribution in [0.5, 0.6) is 0 Å². The molecule has 1 fully saturated rings. The number of rotatable bonds is 1. The third-order valence-corrected chi connectivity index (χ3v) is 2.99. The van der Waals surface area contributed by atoms with Crippen LogP contribution in [0.3, 0.4) is 0 Å². The first-order chi connectivity index (χ1) is 9.48. The molecule has 0 saturated carbocycles. The fourth-order valence-corrected chi connectivity index (χ4v) is 1.87. The van der Waals surface area contributed by atoms with Crippen molar-refractivity contribution < 1.29 is 14.3 Å². The first kappa shape index (κ1) is 17.6. The molecule has 6 heteroatoms. The molecule has 1 aliphatic heterocycles. The maximum Gasteiger partial charge on any atom is 0.410 e. The standard InChI is InChI=1S/C15H29N3O3/c1-14(2,3)11-16-12(19)17-7-9-18(10-8-17)13(20)21-15(4,5)6/h7-11H2,1-6H3,(H,16,19). The minimum Gasteiger partial charge on any atom is -0.444 e. The lowest BCUT2D eigenvalue weighted by atomic mass is 9.97. The van der Waals surface area contributed by atoms with E-state index in [0.29, 0.717) is 32.7 Å². The lowest BCUT2D eigenvalue weighted by Gasteiger charge is -2.36. The Balaban J connectivity index is 2.38. The summed E-state index contributed by atoms with van der Waals surface area (Å²) >= 11 is 0. The van der Waals surface area contributed by atoms with Gasteiger partial charge in [0.15, 0.2) is 0 Å². The summed E-state index contributed by atoms with van der Waals surface area (Å²) in [6, 6.07) is -0.0613. The number of ether oxygens (including phenoxy) is 1. The van der Waals surface area contributed by atoms with Crippen LogP contribution >= 0.6 is 0 Å². The average molecular weight is 299 g/mol. The van der Waals surface area contributed by atoms with Crippen LogP contribution in [0, 0.1) is 5.41 Å². The highest BCUT2D eigenvalue weighted by Gasteiger charge is 2.27. The maximum absolute atomic E-state index is 12.0. The van der Waals surface area contributed by atoms with E-state index in [2.05, 4.69) is 26.1 Å². The van der Waals surface area contributed by atoms with Gasteiger partial charge in [-0.25, -0.2) is 9.59 Å². The van der Waals surface area contributed by atoms with E-state index in [1.54, 1.807) is 9.80 Å². The van der Waals surface area contributed by atoms with Gasteiger partial charge in [-0.2, -0.15) is 0 Å². The van der Waals surface area contributed by atoms with Gasteiger partial charge in [-0.3, -0.25) is 0 Å². The van der Waals surface area contributed by atoms with Gasteiger partial charge in [-0.15, -0.1) is 0 Å². The number of piperazine rings is 1. The molecule has 122 valence electrons. The molecule has 3 amide bonds. The molecule has 0 aromatic carbocycles. The molecule has 1 rings (SSSR count). The topological polar surface area (TPSA) is 61.9 Å². The molecule has 1 heterocycles. The summed E-state index contributed by atoms with van der Waals surface area (Å²) < 4.78 is 5.33. The predicted octanol–water partition coefficient (Wildman–Crippen LogP) is 2.29. The Morgan fingerprint density at radius 1 is 0.952 bits per heavy atom. The van der Waals surface area contributed by atoms with Crippen LogP contribution in [0.15, 0.2) is 0 Å². The molecule has 0 spiro atoms. The summed E-state index contributed by atoms with van der Waals surface area (Å²) in [6.45, 7) is 14.5. The van der Waals surface area contributed by atoms with E-state index in [0.717, 1.165) is 0 Å². The maximum atomic E-state index is 12.0. The fourth-order valence-electron chi connectivity index (χ4n) is 1.87. The number of hydrogen-bond donors (Lipinski definition) is 1. The van der Waals surface area contributed by atoms with Crippen molar-refractivity contribution in [1.82, 2.24) is 15.1 Å². The van der Waals surface area contributed by atoms with Gasteiger partial charge in [0.25, 0.3) is 0 Å². The number of amides is 3. The second-order valence-electron chi connectivity index (χ2n) is 7.67. The second kappa shape index (κ2) is 6.54. The van der Waals surface area contributed by atoms with E-state index in [9.17, 15) is 9.59 Å². The van der Waals surface area contributed by atoms with Gasteiger partial charge < -0.3 is 19.9 Å². The number of hydrogen-bond acceptors (Lipinski definition) is 3. The van der Waals surface area contributed by atoms with Crippen molar-refractivity contribution >= 4 is 12.1 Å². The molecule has 1 aliphatic rings. The van der Waals surface area contributed by atoms with Gasteiger partial charge >= 0.3 is 12.1 Å². The molecule has 0 aromatic heterocycles. The van der Waals surface area contributed by atoms with Crippen LogP contribution in [-0.2, 0) is 4.74 Å². The molecule has 0 unspecified atom stereocenters. The molecular weight excluding hydrogens is 270 g/mol. The van der Waals surface area contributed by atoms with Crippen LogP contribution in [0.4, 0.5) is 9.59 Å². The first-order valence-corrected chi connectivity index (χ1v) is 7.49. The minimum absolute atomic E-state index is 0.0613. The Labute approximate surface area is 127 Å². The van der Waals surface area contributed by atoms with Crippen LogP contribution in [0.2, 0.25) is 0 Å². The minimum atomic E-state index is -0.488. The van der Waals surface area contributed by atoms with Crippen molar-refractivity contribution in [3.63, 3.8) is 0 Å². The highest BCUT2D eigenvalue weighted by atomic mass is 16.6. The summed E-state index contributed by atoms with van der Waals surface area (Å²) in [5.41, 5.74) is -0.424. The molecule has 21 heavy (non-hydrogen) atoms. The van der Waals surface area contributed by atoms with Gasteiger partial charge in [-0.05, 0) is 26.2 Å². The summed E-state index contributed by atoms with van der Waals surface area (Å²) in [5, 5.41) is 2.93. The Morgan fingerprint density at radius 3 is 1.86 bits per heavy atom. The molecule has 1 saturated heterocycles. The van der Waals surface area contributed by atoms with Crippen molar-refractivity contribution in [3.8, 4) is 0 Å². The van der Waals surface area contributed by atoms with Gasteiger partial charge in [0.2, 0.25) is 0 Å². The van der Waals surface area contributed by atoms with Gasteiger partial charge in [0.1, 0.15) is 5.60 Å². The summed E-state index contributed by atoms with van der Waals surface area (Å²) in [7, 11) is 0. The average Bonchev–Trinajstić information content (AvgIpc) is 2.33. The Bertz CT molecular complexity index is 375. The normalized spacial score (nSPS) is 16.7. The Hall–Kier alpha value is -1.46. The number of nitrogens with one attached hydrogen (secondary N) is 1. The van der Waals surface area contributed by atoms with E-state index in [-0.39, 0.29) is 17.5 Å². The lowest BCUT2D eigenvalue weighted by Crippen LogP contribution is -2.54. The molecule has 6 nitrogen and oxygen atoms in total. The smallest absolute Gasteiger partial charge is 0.410 e. The highest BCUT2D eigenvalue weighted by Crippen LogP contribution is 2.13. The number of carbonyl (C=O) groups excluding carboxylic acids is 2. The third-order valence-electron chi connectivity index (χ3n) is 2.99. The summed E-state index contributed by atoms with van der Waals surface area (Å²) in [5.74, 6) is 0. The molecule has 0 radical (unpaired) electrons. The quantitative estimate of drug-likeness (QED) is 0.808. The van der Waals surface area contributed by atoms with Crippen molar-refractivity contribution in [2.75, 3.05) is 32.7 Å². The van der Waals surface area contributed by atoms with Crippen molar-refractivity contribution in [2.45, 2.75) is 47.1 Å². The number of nitrogens with zero attached hydrogens (tertiary/aromatic N) is 2. The van der Waals surface area contributed by atoms with Gasteiger partial charge in [0.05, 0.1) is 0 Å². The van der Waals surface area contributed by atoms with Crippen molar-refractivity contribution in [2.24, 2.45) is 5.41 Å². The largest absolute Gasteiger partial charge is 0.444 e. The molecule has 0 atom stereocenters. The summed E-state index contributed by atoms with van der Waals surface area (Å²) in [6.07, 6.45) is -0.308. The lowest BCUT2D eigenvalue weighted by molar-refractivity contribution is 0.0169. The zero-order chi connectivity index (χ0) is 16.3. The number of urea groups is 1. The fraction of sp³-hybridized carbons (Fsp3) is 0.867. The zero-order valence-electron chi connectivity index (χ0n) is 14.2. The second-order valence-corrected chi connectivity index (χ2v) is 7.67. The Kier molecular flexibility index (Phi) is 5.48. The van der Waals surface area contributed by atoms with Gasteiger partial charge in [-0.1, -0.05) is 20.8 Å². The van der Waals surface area contributed by atoms with Crippen molar-refractivity contribution in [1.29, 1.82) is 0 Å².